The van der Waals surface area contributed by atoms with Gasteiger partial charge in [0.1, 0.15) is 5.82 Å². The molecule has 0 atom stereocenters. The molecule has 0 aliphatic heterocycles. The van der Waals surface area contributed by atoms with E-state index in [1.807, 2.05) is 0 Å². The third-order valence-electron chi connectivity index (χ3n) is 2.21. The molecule has 0 spiro atoms. The number of carbonyl (C=O) groups is 1. The number of carbonyl (C=O) groups excluding carboxylic acids is 1. The smallest absolute Gasteiger partial charge is 0.310 e. The predicted octanol–water partition coefficient (Wildman–Crippen LogP) is 2.98. The van der Waals surface area contributed by atoms with Crippen LogP contribution in [0.1, 0.15) is 23.6 Å². The lowest BCUT2D eigenvalue weighted by Crippen LogP contribution is -2.10. The van der Waals surface area contributed by atoms with Gasteiger partial charge in [-0.25, -0.2) is 4.39 Å². The summed E-state index contributed by atoms with van der Waals surface area (Å²) in [5.41, 5.74) is 1.75. The van der Waals surface area contributed by atoms with E-state index in [-0.39, 0.29) is 24.1 Å². The first-order valence-corrected chi connectivity index (χ1v) is 5.61. The van der Waals surface area contributed by atoms with Crippen LogP contribution in [0.15, 0.2) is 12.1 Å². The van der Waals surface area contributed by atoms with Crippen molar-refractivity contribution in [2.24, 2.45) is 0 Å². The largest absolute Gasteiger partial charge is 0.466 e. The van der Waals surface area contributed by atoms with Crippen LogP contribution in [0.4, 0.5) is 4.39 Å². The van der Waals surface area contributed by atoms with E-state index in [1.54, 1.807) is 19.9 Å². The summed E-state index contributed by atoms with van der Waals surface area (Å²) in [5, 5.41) is 0. The van der Waals surface area contributed by atoms with Crippen molar-refractivity contribution >= 4 is 17.6 Å². The van der Waals surface area contributed by atoms with Gasteiger partial charge in [-0.05, 0) is 31.0 Å². The van der Waals surface area contributed by atoms with E-state index in [0.29, 0.717) is 17.7 Å². The van der Waals surface area contributed by atoms with Crippen LogP contribution in [0.2, 0.25) is 0 Å². The van der Waals surface area contributed by atoms with E-state index >= 15 is 0 Å². The zero-order chi connectivity index (χ0) is 12.1. The maximum absolute atomic E-state index is 13.5. The highest BCUT2D eigenvalue weighted by molar-refractivity contribution is 6.17. The highest BCUT2D eigenvalue weighted by Crippen LogP contribution is 2.19. The third kappa shape index (κ3) is 3.20. The molecule has 0 saturated heterocycles. The molecular formula is C12H14ClFO2. The number of halogens is 2. The van der Waals surface area contributed by atoms with Crippen LogP contribution in [0.5, 0.6) is 0 Å². The Morgan fingerprint density at radius 1 is 1.50 bits per heavy atom. The van der Waals surface area contributed by atoms with E-state index in [1.165, 1.54) is 6.07 Å². The third-order valence-corrected chi connectivity index (χ3v) is 2.47. The fraction of sp³-hybridized carbons (Fsp3) is 0.417. The molecule has 0 fully saturated rings. The van der Waals surface area contributed by atoms with Crippen molar-refractivity contribution in [3.8, 4) is 0 Å². The molecular weight excluding hydrogens is 231 g/mol. The van der Waals surface area contributed by atoms with Crippen molar-refractivity contribution in [2.75, 3.05) is 6.61 Å². The van der Waals surface area contributed by atoms with Crippen molar-refractivity contribution in [2.45, 2.75) is 26.1 Å². The molecule has 0 bridgehead atoms. The molecule has 0 unspecified atom stereocenters. The van der Waals surface area contributed by atoms with Crippen molar-refractivity contribution in [3.63, 3.8) is 0 Å². The molecule has 2 nitrogen and oxygen atoms in total. The first kappa shape index (κ1) is 13.0. The van der Waals surface area contributed by atoms with E-state index in [4.69, 9.17) is 16.3 Å². The molecule has 1 rings (SSSR count). The lowest BCUT2D eigenvalue weighted by molar-refractivity contribution is -0.142. The zero-order valence-electron chi connectivity index (χ0n) is 9.35. The standard InChI is InChI=1S/C12H14ClFO2/c1-3-16-12(15)6-9-4-8(2)5-11(14)10(9)7-13/h4-5H,3,6-7H2,1-2H3. The summed E-state index contributed by atoms with van der Waals surface area (Å²) in [7, 11) is 0. The Morgan fingerprint density at radius 3 is 2.75 bits per heavy atom. The summed E-state index contributed by atoms with van der Waals surface area (Å²) >= 11 is 5.66. The molecule has 0 radical (unpaired) electrons. The van der Waals surface area contributed by atoms with Crippen LogP contribution >= 0.6 is 11.6 Å². The molecule has 16 heavy (non-hydrogen) atoms. The lowest BCUT2D eigenvalue weighted by atomic mass is 10.0. The van der Waals surface area contributed by atoms with Gasteiger partial charge in [-0.2, -0.15) is 0 Å². The van der Waals surface area contributed by atoms with Gasteiger partial charge in [0.25, 0.3) is 0 Å². The Bertz CT molecular complexity index is 391. The van der Waals surface area contributed by atoms with Crippen molar-refractivity contribution in [1.29, 1.82) is 0 Å². The van der Waals surface area contributed by atoms with Gasteiger partial charge in [0.2, 0.25) is 0 Å². The van der Waals surface area contributed by atoms with Gasteiger partial charge in [-0.15, -0.1) is 11.6 Å². The summed E-state index contributed by atoms with van der Waals surface area (Å²) in [6.07, 6.45) is 0.0640. The minimum atomic E-state index is -0.366. The van der Waals surface area contributed by atoms with Gasteiger partial charge in [0.15, 0.2) is 0 Å². The average molecular weight is 245 g/mol. The molecule has 0 N–H and O–H groups in total. The first-order valence-electron chi connectivity index (χ1n) is 5.08. The monoisotopic (exact) mass is 244 g/mol. The first-order chi connectivity index (χ1) is 7.58. The second-order valence-corrected chi connectivity index (χ2v) is 3.77. The normalized spacial score (nSPS) is 10.2. The number of hydrogen-bond acceptors (Lipinski definition) is 2. The minimum absolute atomic E-state index is 0.0564. The van der Waals surface area contributed by atoms with Crippen LogP contribution in [0, 0.1) is 12.7 Å². The van der Waals surface area contributed by atoms with Gasteiger partial charge in [0.05, 0.1) is 18.9 Å². The summed E-state index contributed by atoms with van der Waals surface area (Å²) in [5.74, 6) is -0.672. The van der Waals surface area contributed by atoms with Crippen molar-refractivity contribution in [3.05, 3.63) is 34.6 Å². The van der Waals surface area contributed by atoms with Gasteiger partial charge in [-0.1, -0.05) is 6.07 Å². The molecule has 0 heterocycles. The topological polar surface area (TPSA) is 26.3 Å². The number of ether oxygens (including phenoxy) is 1. The summed E-state index contributed by atoms with van der Waals surface area (Å²) in [4.78, 5) is 11.3. The summed E-state index contributed by atoms with van der Waals surface area (Å²) in [6.45, 7) is 3.83. The minimum Gasteiger partial charge on any atom is -0.466 e. The van der Waals surface area contributed by atoms with Crippen LogP contribution < -0.4 is 0 Å². The summed E-state index contributed by atoms with van der Waals surface area (Å²) in [6, 6.07) is 3.17. The van der Waals surface area contributed by atoms with Gasteiger partial charge >= 0.3 is 5.97 Å². The second kappa shape index (κ2) is 5.85. The predicted molar refractivity (Wildman–Crippen MR) is 61.0 cm³/mol. The maximum Gasteiger partial charge on any atom is 0.310 e. The maximum atomic E-state index is 13.5. The molecule has 4 heteroatoms. The Morgan fingerprint density at radius 2 is 2.19 bits per heavy atom. The van der Waals surface area contributed by atoms with Gasteiger partial charge in [0, 0.05) is 5.56 Å². The Balaban J connectivity index is 2.97. The quantitative estimate of drug-likeness (QED) is 0.601. The molecule has 0 aromatic heterocycles. The van der Waals surface area contributed by atoms with Crippen LogP contribution in [-0.4, -0.2) is 12.6 Å². The van der Waals surface area contributed by atoms with Crippen molar-refractivity contribution in [1.82, 2.24) is 0 Å². The molecule has 88 valence electrons. The number of alkyl halides is 1. The Hall–Kier alpha value is -1.09. The molecule has 1 aromatic rings. The fourth-order valence-corrected chi connectivity index (χ4v) is 1.82. The average Bonchev–Trinajstić information content (AvgIpc) is 2.17. The second-order valence-electron chi connectivity index (χ2n) is 3.50. The number of aryl methyl sites for hydroxylation is 1. The summed E-state index contributed by atoms with van der Waals surface area (Å²) < 4.78 is 18.3. The van der Waals surface area contributed by atoms with E-state index in [0.717, 1.165) is 5.56 Å². The van der Waals surface area contributed by atoms with Crippen LogP contribution in [0.3, 0.4) is 0 Å². The van der Waals surface area contributed by atoms with Gasteiger partial charge in [-0.3, -0.25) is 4.79 Å². The molecule has 1 aromatic carbocycles. The van der Waals surface area contributed by atoms with Crippen LogP contribution in [-0.2, 0) is 21.8 Å². The molecule has 0 saturated carbocycles. The van der Waals surface area contributed by atoms with Gasteiger partial charge < -0.3 is 4.74 Å². The van der Waals surface area contributed by atoms with E-state index in [2.05, 4.69) is 0 Å². The van der Waals surface area contributed by atoms with Crippen LogP contribution in [0.25, 0.3) is 0 Å². The molecule has 0 amide bonds. The number of rotatable bonds is 4. The fourth-order valence-electron chi connectivity index (χ4n) is 1.52. The Kier molecular flexibility index (Phi) is 4.74. The number of esters is 1. The van der Waals surface area contributed by atoms with E-state index < -0.39 is 0 Å². The molecule has 0 aliphatic rings. The highest BCUT2D eigenvalue weighted by atomic mass is 35.5. The lowest BCUT2D eigenvalue weighted by Gasteiger charge is -2.09. The Labute approximate surface area is 99.4 Å². The number of hydrogen-bond donors (Lipinski definition) is 0. The number of benzene rings is 1. The zero-order valence-corrected chi connectivity index (χ0v) is 10.1. The van der Waals surface area contributed by atoms with E-state index in [9.17, 15) is 9.18 Å². The highest BCUT2D eigenvalue weighted by Gasteiger charge is 2.12. The molecule has 0 aliphatic carbocycles. The van der Waals surface area contributed by atoms with Crippen molar-refractivity contribution < 1.29 is 13.9 Å². The SMILES string of the molecule is CCOC(=O)Cc1cc(C)cc(F)c1CCl.